The molecule has 6 nitrogen and oxygen atoms in total. The van der Waals surface area contributed by atoms with Crippen molar-refractivity contribution in [3.05, 3.63) is 0 Å². The molecule has 2 heterocycles. The van der Waals surface area contributed by atoms with Crippen molar-refractivity contribution in [2.24, 2.45) is 5.41 Å². The molecule has 0 atom stereocenters. The average Bonchev–Trinajstić information content (AvgIpc) is 2.55. The summed E-state index contributed by atoms with van der Waals surface area (Å²) in [7, 11) is 0. The summed E-state index contributed by atoms with van der Waals surface area (Å²) < 4.78 is 0. The predicted octanol–water partition coefficient (Wildman–Crippen LogP) is 1.76. The van der Waals surface area contributed by atoms with Crippen LogP contribution in [0.2, 0.25) is 0 Å². The van der Waals surface area contributed by atoms with E-state index in [1.54, 1.807) is 0 Å². The van der Waals surface area contributed by atoms with Crippen molar-refractivity contribution in [2.45, 2.75) is 53.0 Å². The van der Waals surface area contributed by atoms with Gasteiger partial charge in [0.15, 0.2) is 0 Å². The molecule has 2 saturated heterocycles. The number of nitrogens with zero attached hydrogens (tertiary/aromatic N) is 3. The molecule has 2 aliphatic heterocycles. The topological polar surface area (TPSA) is 55.9 Å². The summed E-state index contributed by atoms with van der Waals surface area (Å²) >= 11 is 0. The summed E-state index contributed by atoms with van der Waals surface area (Å²) in [5.74, 6) is 0.172. The van der Waals surface area contributed by atoms with Crippen molar-refractivity contribution in [1.29, 1.82) is 0 Å². The van der Waals surface area contributed by atoms with Crippen LogP contribution in [0.4, 0.5) is 4.79 Å². The molecule has 0 aromatic heterocycles. The maximum absolute atomic E-state index is 12.4. The predicted molar refractivity (Wildman–Crippen MR) is 95.9 cm³/mol. The van der Waals surface area contributed by atoms with Gasteiger partial charge in [-0.3, -0.25) is 4.79 Å². The first-order valence-corrected chi connectivity index (χ1v) is 9.38. The molecule has 1 N–H and O–H groups in total. The monoisotopic (exact) mass is 338 g/mol. The lowest BCUT2D eigenvalue weighted by Crippen LogP contribution is -2.56. The second-order valence-corrected chi connectivity index (χ2v) is 8.09. The zero-order valence-electron chi connectivity index (χ0n) is 15.8. The fourth-order valence-corrected chi connectivity index (χ4v) is 3.47. The molecular weight excluding hydrogens is 304 g/mol. The number of carbonyl (C=O) groups excluding carboxylic acids is 2. The molecule has 6 heteroatoms. The number of nitrogens with one attached hydrogen (secondary N) is 1. The first kappa shape index (κ1) is 19.0. The first-order chi connectivity index (χ1) is 11.3. The van der Waals surface area contributed by atoms with Gasteiger partial charge in [0.2, 0.25) is 5.91 Å². The van der Waals surface area contributed by atoms with Crippen molar-refractivity contribution >= 4 is 11.9 Å². The van der Waals surface area contributed by atoms with Crippen LogP contribution in [0.15, 0.2) is 0 Å². The summed E-state index contributed by atoms with van der Waals surface area (Å²) in [4.78, 5) is 30.9. The van der Waals surface area contributed by atoms with E-state index in [1.807, 2.05) is 30.6 Å². The molecule has 0 unspecified atom stereocenters. The number of likely N-dealkylation sites (tertiary alicyclic amines) is 1. The molecule has 2 aliphatic rings. The van der Waals surface area contributed by atoms with Gasteiger partial charge in [-0.25, -0.2) is 4.79 Å². The highest BCUT2D eigenvalue weighted by Crippen LogP contribution is 2.19. The minimum absolute atomic E-state index is 0.0341. The maximum atomic E-state index is 12.4. The van der Waals surface area contributed by atoms with Crippen molar-refractivity contribution in [3.8, 4) is 0 Å². The second kappa shape index (κ2) is 8.19. The summed E-state index contributed by atoms with van der Waals surface area (Å²) in [6.07, 6.45) is 3.26. The van der Waals surface area contributed by atoms with E-state index < -0.39 is 0 Å². The van der Waals surface area contributed by atoms with Crippen LogP contribution >= 0.6 is 0 Å². The fraction of sp³-hybridized carbons (Fsp3) is 0.889. The molecular formula is C18H34N4O2. The Labute approximate surface area is 146 Å². The molecule has 138 valence electrons. The van der Waals surface area contributed by atoms with E-state index >= 15 is 0 Å². The number of piperidine rings is 1. The number of urea groups is 1. The Morgan fingerprint density at radius 2 is 1.50 bits per heavy atom. The minimum Gasteiger partial charge on any atom is -0.339 e. The van der Waals surface area contributed by atoms with Gasteiger partial charge in [0, 0.05) is 50.7 Å². The van der Waals surface area contributed by atoms with Gasteiger partial charge in [0.1, 0.15) is 0 Å². The zero-order chi connectivity index (χ0) is 17.7. The van der Waals surface area contributed by atoms with Crippen LogP contribution in [0, 0.1) is 5.41 Å². The molecule has 0 saturated carbocycles. The van der Waals surface area contributed by atoms with Gasteiger partial charge in [-0.1, -0.05) is 27.7 Å². The molecule has 24 heavy (non-hydrogen) atoms. The third-order valence-corrected chi connectivity index (χ3v) is 4.95. The van der Waals surface area contributed by atoms with Crippen LogP contribution in [0.5, 0.6) is 0 Å². The molecule has 0 aromatic carbocycles. The Morgan fingerprint density at radius 1 is 0.958 bits per heavy atom. The van der Waals surface area contributed by atoms with E-state index in [2.05, 4.69) is 17.1 Å². The third-order valence-electron chi connectivity index (χ3n) is 4.95. The number of hydrogen-bond donors (Lipinski definition) is 1. The Morgan fingerprint density at radius 3 is 2.00 bits per heavy atom. The van der Waals surface area contributed by atoms with Crippen LogP contribution < -0.4 is 5.32 Å². The molecule has 0 radical (unpaired) electrons. The summed E-state index contributed by atoms with van der Waals surface area (Å²) in [6, 6.07) is 0.326. The minimum atomic E-state index is -0.350. The van der Waals surface area contributed by atoms with Crippen molar-refractivity contribution in [1.82, 2.24) is 20.0 Å². The van der Waals surface area contributed by atoms with Crippen molar-refractivity contribution in [2.75, 3.05) is 45.8 Å². The zero-order valence-corrected chi connectivity index (χ0v) is 15.8. The van der Waals surface area contributed by atoms with Gasteiger partial charge >= 0.3 is 6.03 Å². The van der Waals surface area contributed by atoms with E-state index in [4.69, 9.17) is 0 Å². The highest BCUT2D eigenvalue weighted by atomic mass is 16.2. The normalized spacial score (nSPS) is 21.0. The lowest BCUT2D eigenvalue weighted by atomic mass is 9.94. The van der Waals surface area contributed by atoms with Crippen LogP contribution in [-0.2, 0) is 4.79 Å². The van der Waals surface area contributed by atoms with E-state index in [1.165, 1.54) is 6.42 Å². The standard InChI is InChI=1S/C18H34N4O2/c1-5-8-20-9-6-15(7-10-20)19-17(24)22-13-11-21(12-14-22)16(23)18(2,3)4/h15H,5-14H2,1-4H3,(H,19,24). The Balaban J connectivity index is 1.73. The van der Waals surface area contributed by atoms with Gasteiger partial charge in [0.05, 0.1) is 0 Å². The molecule has 0 aliphatic carbocycles. The van der Waals surface area contributed by atoms with E-state index in [0.29, 0.717) is 32.2 Å². The lowest BCUT2D eigenvalue weighted by molar-refractivity contribution is -0.140. The maximum Gasteiger partial charge on any atom is 0.317 e. The summed E-state index contributed by atoms with van der Waals surface area (Å²) in [5.41, 5.74) is -0.350. The Hall–Kier alpha value is -1.30. The Bertz CT molecular complexity index is 431. The molecule has 0 bridgehead atoms. The van der Waals surface area contributed by atoms with Gasteiger partial charge in [0.25, 0.3) is 0 Å². The molecule has 0 aromatic rings. The van der Waals surface area contributed by atoms with Gasteiger partial charge in [-0.05, 0) is 25.8 Å². The number of amides is 3. The fourth-order valence-electron chi connectivity index (χ4n) is 3.47. The number of piperazine rings is 1. The van der Waals surface area contributed by atoms with Crippen molar-refractivity contribution in [3.63, 3.8) is 0 Å². The molecule has 3 amide bonds. The Kier molecular flexibility index (Phi) is 6.49. The smallest absolute Gasteiger partial charge is 0.317 e. The highest BCUT2D eigenvalue weighted by molar-refractivity contribution is 5.82. The van der Waals surface area contributed by atoms with Crippen LogP contribution in [0.1, 0.15) is 47.0 Å². The highest BCUT2D eigenvalue weighted by Gasteiger charge is 2.31. The number of hydrogen-bond acceptors (Lipinski definition) is 3. The molecule has 2 fully saturated rings. The van der Waals surface area contributed by atoms with Crippen molar-refractivity contribution < 1.29 is 9.59 Å². The first-order valence-electron chi connectivity index (χ1n) is 9.38. The van der Waals surface area contributed by atoms with Gasteiger partial charge < -0.3 is 20.0 Å². The second-order valence-electron chi connectivity index (χ2n) is 8.09. The van der Waals surface area contributed by atoms with E-state index in [0.717, 1.165) is 32.5 Å². The van der Waals surface area contributed by atoms with E-state index in [9.17, 15) is 9.59 Å². The summed E-state index contributed by atoms with van der Waals surface area (Å²) in [5, 5.41) is 3.18. The van der Waals surface area contributed by atoms with Crippen LogP contribution in [0.3, 0.4) is 0 Å². The van der Waals surface area contributed by atoms with Gasteiger partial charge in [-0.2, -0.15) is 0 Å². The molecule has 0 spiro atoms. The quantitative estimate of drug-likeness (QED) is 0.853. The molecule has 2 rings (SSSR count). The number of rotatable bonds is 3. The van der Waals surface area contributed by atoms with E-state index in [-0.39, 0.29) is 17.4 Å². The SMILES string of the molecule is CCCN1CCC(NC(=O)N2CCN(C(=O)C(C)(C)C)CC2)CC1. The third kappa shape index (κ3) is 5.10. The number of carbonyl (C=O) groups is 2. The van der Waals surface area contributed by atoms with Crippen LogP contribution in [0.25, 0.3) is 0 Å². The van der Waals surface area contributed by atoms with Gasteiger partial charge in [-0.15, -0.1) is 0 Å². The van der Waals surface area contributed by atoms with Crippen LogP contribution in [-0.4, -0.2) is 78.5 Å². The largest absolute Gasteiger partial charge is 0.339 e. The summed E-state index contributed by atoms with van der Waals surface area (Å²) in [6.45, 7) is 13.9. The average molecular weight is 338 g/mol. The lowest BCUT2D eigenvalue weighted by Gasteiger charge is -2.39.